The van der Waals surface area contributed by atoms with Gasteiger partial charge in [0.1, 0.15) is 13.2 Å². The summed E-state index contributed by atoms with van der Waals surface area (Å²) in [6.07, 6.45) is 56.9. The highest BCUT2D eigenvalue weighted by atomic mass is 31.2. The second-order valence-electron chi connectivity index (χ2n) is 20.7. The molecule has 0 aliphatic carbocycles. The third kappa shape index (κ3) is 49.2. The first kappa shape index (κ1) is 63.2. The number of carbonyl (C=O) groups is 1. The van der Waals surface area contributed by atoms with Gasteiger partial charge in [-0.2, -0.15) is 0 Å². The quantitative estimate of drug-likeness (QED) is 0.0243. The summed E-state index contributed by atoms with van der Waals surface area (Å²) >= 11 is 0. The zero-order valence-corrected chi connectivity index (χ0v) is 44.4. The number of allylic oxidation sites excluding steroid dienone is 2. The highest BCUT2D eigenvalue weighted by Gasteiger charge is 2.28. The molecule has 1 amide bonds. The van der Waals surface area contributed by atoms with Crippen LogP contribution in [0.15, 0.2) is 12.2 Å². The minimum Gasteiger partial charge on any atom is -0.391 e. The fourth-order valence-electron chi connectivity index (χ4n) is 8.57. The number of phosphoric ester groups is 1. The number of nitrogens with zero attached hydrogens (tertiary/aromatic N) is 1. The second-order valence-corrected chi connectivity index (χ2v) is 22.1. The van der Waals surface area contributed by atoms with Gasteiger partial charge in [0.15, 0.2) is 0 Å². The van der Waals surface area contributed by atoms with Crippen LogP contribution in [0.3, 0.4) is 0 Å². The maximum Gasteiger partial charge on any atom is 0.472 e. The van der Waals surface area contributed by atoms with E-state index in [9.17, 15) is 19.4 Å². The lowest BCUT2D eigenvalue weighted by atomic mass is 10.0. The van der Waals surface area contributed by atoms with Crippen molar-refractivity contribution in [3.05, 3.63) is 12.2 Å². The van der Waals surface area contributed by atoms with E-state index in [0.717, 1.165) is 38.5 Å². The molecular weight excluding hydrogens is 816 g/mol. The third-order valence-corrected chi connectivity index (χ3v) is 14.0. The lowest BCUT2D eigenvalue weighted by molar-refractivity contribution is -0.870. The summed E-state index contributed by atoms with van der Waals surface area (Å²) in [4.78, 5) is 23.3. The molecule has 8 nitrogen and oxygen atoms in total. The molecule has 3 N–H and O–H groups in total. The summed E-state index contributed by atoms with van der Waals surface area (Å²) in [6, 6.07) is -0.760. The number of likely N-dealkylation sites (N-methyl/N-ethyl adjacent to an activating group) is 1. The number of unbranched alkanes of at least 4 members (excludes halogenated alkanes) is 37. The Morgan fingerprint density at radius 2 is 0.844 bits per heavy atom. The lowest BCUT2D eigenvalue weighted by Crippen LogP contribution is -2.46. The Kier molecular flexibility index (Phi) is 46.8. The Labute approximate surface area is 399 Å². The van der Waals surface area contributed by atoms with Gasteiger partial charge in [-0.15, -0.1) is 0 Å². The summed E-state index contributed by atoms with van der Waals surface area (Å²) < 4.78 is 23.8. The molecule has 0 aromatic heterocycles. The van der Waals surface area contributed by atoms with Crippen molar-refractivity contribution in [2.24, 2.45) is 0 Å². The highest BCUT2D eigenvalue weighted by Crippen LogP contribution is 2.43. The molecule has 0 spiro atoms. The minimum absolute atomic E-state index is 0.0762. The molecule has 0 fully saturated rings. The Morgan fingerprint density at radius 3 is 1.20 bits per heavy atom. The molecule has 0 aromatic carbocycles. The van der Waals surface area contributed by atoms with E-state index in [1.165, 1.54) is 218 Å². The third-order valence-electron chi connectivity index (χ3n) is 13.0. The zero-order valence-electron chi connectivity index (χ0n) is 43.6. The van der Waals surface area contributed by atoms with Crippen molar-refractivity contribution in [3.8, 4) is 0 Å². The number of hydrogen-bond acceptors (Lipinski definition) is 5. The predicted octanol–water partition coefficient (Wildman–Crippen LogP) is 16.7. The normalized spacial score (nSPS) is 14.0. The first-order valence-electron chi connectivity index (χ1n) is 28.1. The van der Waals surface area contributed by atoms with Gasteiger partial charge < -0.3 is 19.8 Å². The lowest BCUT2D eigenvalue weighted by Gasteiger charge is -2.26. The summed E-state index contributed by atoms with van der Waals surface area (Å²) in [5.41, 5.74) is 0. The second kappa shape index (κ2) is 47.3. The summed E-state index contributed by atoms with van der Waals surface area (Å²) in [7, 11) is 1.63. The number of aliphatic hydroxyl groups excluding tert-OH is 1. The zero-order chi connectivity index (χ0) is 47.1. The molecule has 0 aliphatic heterocycles. The van der Waals surface area contributed by atoms with E-state index < -0.39 is 20.0 Å². The van der Waals surface area contributed by atoms with Crippen LogP contribution in [0.25, 0.3) is 0 Å². The molecule has 0 saturated heterocycles. The molecule has 0 saturated carbocycles. The van der Waals surface area contributed by atoms with Gasteiger partial charge >= 0.3 is 7.82 Å². The first-order valence-corrected chi connectivity index (χ1v) is 29.5. The molecule has 0 aliphatic rings. The van der Waals surface area contributed by atoms with Crippen LogP contribution in [-0.2, 0) is 18.4 Å². The Bertz CT molecular complexity index is 1050. The predicted molar refractivity (Wildman–Crippen MR) is 277 cm³/mol. The van der Waals surface area contributed by atoms with Gasteiger partial charge in [0.05, 0.1) is 39.9 Å². The van der Waals surface area contributed by atoms with Gasteiger partial charge in [-0.25, -0.2) is 4.57 Å². The number of amides is 1. The molecule has 3 atom stereocenters. The first-order chi connectivity index (χ1) is 31.0. The van der Waals surface area contributed by atoms with Crippen LogP contribution in [0.1, 0.15) is 284 Å². The minimum atomic E-state index is -4.32. The number of quaternary nitrogens is 1. The number of carbonyl (C=O) groups excluding carboxylic acids is 1. The smallest absolute Gasteiger partial charge is 0.391 e. The molecule has 0 heterocycles. The maximum absolute atomic E-state index is 13.0. The fraction of sp³-hybridized carbons (Fsp3) is 0.945. The van der Waals surface area contributed by atoms with E-state index in [1.54, 1.807) is 0 Å². The van der Waals surface area contributed by atoms with Crippen LogP contribution in [0.2, 0.25) is 0 Å². The van der Waals surface area contributed by atoms with Crippen LogP contribution in [0.5, 0.6) is 0 Å². The Hall–Kier alpha value is -0.760. The van der Waals surface area contributed by atoms with E-state index in [4.69, 9.17) is 9.05 Å². The van der Waals surface area contributed by atoms with E-state index in [2.05, 4.69) is 31.3 Å². The number of phosphoric acid groups is 1. The van der Waals surface area contributed by atoms with Crippen molar-refractivity contribution in [2.45, 2.75) is 296 Å². The molecule has 382 valence electrons. The topological polar surface area (TPSA) is 105 Å². The van der Waals surface area contributed by atoms with Gasteiger partial charge in [-0.05, 0) is 38.5 Å². The fourth-order valence-corrected chi connectivity index (χ4v) is 9.31. The molecule has 0 rings (SSSR count). The number of hydrogen-bond donors (Lipinski definition) is 3. The molecule has 3 unspecified atom stereocenters. The molecule has 0 bridgehead atoms. The average molecular weight is 928 g/mol. The van der Waals surface area contributed by atoms with Crippen LogP contribution in [0, 0.1) is 0 Å². The van der Waals surface area contributed by atoms with Gasteiger partial charge in [0, 0.05) is 6.42 Å². The van der Waals surface area contributed by atoms with Crippen LogP contribution in [-0.4, -0.2) is 73.4 Å². The van der Waals surface area contributed by atoms with Crippen LogP contribution < -0.4 is 5.32 Å². The summed E-state index contributed by atoms with van der Waals surface area (Å²) in [5, 5.41) is 14.1. The number of rotatable bonds is 52. The molecular formula is C55H112N2O6P+. The van der Waals surface area contributed by atoms with Crippen molar-refractivity contribution >= 4 is 13.7 Å². The van der Waals surface area contributed by atoms with E-state index in [-0.39, 0.29) is 19.1 Å². The Balaban J connectivity index is 4.18. The monoisotopic (exact) mass is 928 g/mol. The molecule has 0 aromatic rings. The van der Waals surface area contributed by atoms with Crippen LogP contribution >= 0.6 is 7.82 Å². The van der Waals surface area contributed by atoms with E-state index in [1.807, 2.05) is 21.1 Å². The maximum atomic E-state index is 13.0. The molecule has 0 radical (unpaired) electrons. The average Bonchev–Trinajstić information content (AvgIpc) is 3.25. The van der Waals surface area contributed by atoms with Gasteiger partial charge in [-0.3, -0.25) is 13.8 Å². The number of nitrogens with one attached hydrogen (secondary N) is 1. The summed E-state index contributed by atoms with van der Waals surface area (Å²) in [5.74, 6) is -0.144. The molecule has 9 heteroatoms. The van der Waals surface area contributed by atoms with E-state index in [0.29, 0.717) is 23.9 Å². The highest BCUT2D eigenvalue weighted by molar-refractivity contribution is 7.47. The van der Waals surface area contributed by atoms with Crippen molar-refractivity contribution in [1.29, 1.82) is 0 Å². The van der Waals surface area contributed by atoms with Gasteiger partial charge in [0.25, 0.3) is 0 Å². The summed E-state index contributed by atoms with van der Waals surface area (Å²) in [6.45, 7) is 4.93. The van der Waals surface area contributed by atoms with Crippen molar-refractivity contribution in [1.82, 2.24) is 5.32 Å². The SMILES string of the molecule is CCCCCCCCCC/C=C\CCCCCCCCCC(=O)NC(COP(=O)(O)OCC[N+](C)(C)C)C(O)CCCCCCCCCCCCCCCCCCCCCCCCC. The Morgan fingerprint density at radius 1 is 0.516 bits per heavy atom. The van der Waals surface area contributed by atoms with Crippen LogP contribution in [0.4, 0.5) is 0 Å². The number of aliphatic hydroxyl groups is 1. The molecule has 64 heavy (non-hydrogen) atoms. The van der Waals surface area contributed by atoms with Crippen molar-refractivity contribution in [3.63, 3.8) is 0 Å². The van der Waals surface area contributed by atoms with E-state index >= 15 is 0 Å². The van der Waals surface area contributed by atoms with Gasteiger partial charge in [0.2, 0.25) is 5.91 Å². The van der Waals surface area contributed by atoms with Crippen molar-refractivity contribution < 1.29 is 32.9 Å². The van der Waals surface area contributed by atoms with Gasteiger partial charge in [-0.1, -0.05) is 251 Å². The largest absolute Gasteiger partial charge is 0.472 e. The standard InChI is InChI=1S/C55H111N2O6P/c1-6-8-10-12-14-16-18-20-22-24-26-27-28-29-31-32-34-36-38-40-42-44-46-48-54(58)53(52-63-64(60,61)62-51-50-57(3,4)5)56-55(59)49-47-45-43-41-39-37-35-33-30-25-23-21-19-17-15-13-11-9-7-2/h25,30,53-54,58H,6-24,26-29,31-52H2,1-5H3,(H-,56,59,60,61)/p+1/b30-25-. The van der Waals surface area contributed by atoms with Crippen molar-refractivity contribution in [2.75, 3.05) is 40.9 Å².